The first-order valence-electron chi connectivity index (χ1n) is 7.09. The van der Waals surface area contributed by atoms with Crippen molar-refractivity contribution >= 4 is 9.84 Å². The van der Waals surface area contributed by atoms with Crippen molar-refractivity contribution in [3.05, 3.63) is 71.3 Å². The zero-order valence-corrected chi connectivity index (χ0v) is 13.0. The topological polar surface area (TPSA) is 60.2 Å². The molecular weight excluding hydrogens is 282 g/mol. The predicted octanol–water partition coefficient (Wildman–Crippen LogP) is 2.86. The van der Waals surface area contributed by atoms with Crippen LogP contribution >= 0.6 is 0 Å². The van der Waals surface area contributed by atoms with E-state index in [2.05, 4.69) is 6.92 Å². The summed E-state index contributed by atoms with van der Waals surface area (Å²) in [6.45, 7) is 2.08. The molecule has 2 rings (SSSR count). The Kier molecular flexibility index (Phi) is 5.15. The number of aryl methyl sites for hydroxylation is 1. The third kappa shape index (κ3) is 4.69. The van der Waals surface area contributed by atoms with Gasteiger partial charge in [0, 0.05) is 6.04 Å². The molecule has 2 N–H and O–H groups in total. The molecule has 0 amide bonds. The highest BCUT2D eigenvalue weighted by Crippen LogP contribution is 2.16. The summed E-state index contributed by atoms with van der Waals surface area (Å²) < 4.78 is 24.5. The van der Waals surface area contributed by atoms with Gasteiger partial charge in [-0.15, -0.1) is 0 Å². The molecule has 1 atom stereocenters. The Morgan fingerprint density at radius 1 is 0.952 bits per heavy atom. The summed E-state index contributed by atoms with van der Waals surface area (Å²) in [6.07, 6.45) is 0.960. The van der Waals surface area contributed by atoms with Crippen molar-refractivity contribution in [2.24, 2.45) is 5.73 Å². The number of hydrogen-bond acceptors (Lipinski definition) is 3. The fourth-order valence-corrected chi connectivity index (χ4v) is 3.82. The molecule has 0 saturated carbocycles. The van der Waals surface area contributed by atoms with Crippen molar-refractivity contribution in [2.45, 2.75) is 25.1 Å². The maximum absolute atomic E-state index is 12.2. The molecule has 0 fully saturated rings. The summed E-state index contributed by atoms with van der Waals surface area (Å²) in [4.78, 5) is 0. The Balaban J connectivity index is 2.05. The first-order valence-corrected chi connectivity index (χ1v) is 8.91. The number of hydrogen-bond donors (Lipinski definition) is 1. The molecule has 3 nitrogen and oxygen atoms in total. The SMILES string of the molecule is CCc1ccc(C(N)CS(=O)(=O)Cc2ccccc2)cc1. The number of benzene rings is 2. The average Bonchev–Trinajstić information content (AvgIpc) is 2.47. The minimum Gasteiger partial charge on any atom is -0.323 e. The molecule has 0 heterocycles. The molecule has 0 aliphatic heterocycles. The van der Waals surface area contributed by atoms with Crippen molar-refractivity contribution in [3.8, 4) is 0 Å². The Bertz CT molecular complexity index is 664. The van der Waals surface area contributed by atoms with E-state index in [0.717, 1.165) is 17.5 Å². The highest BCUT2D eigenvalue weighted by Gasteiger charge is 2.18. The van der Waals surface area contributed by atoms with Gasteiger partial charge in [-0.2, -0.15) is 0 Å². The summed E-state index contributed by atoms with van der Waals surface area (Å²) in [5.41, 5.74) is 8.93. The molecule has 1 unspecified atom stereocenters. The summed E-state index contributed by atoms with van der Waals surface area (Å²) >= 11 is 0. The highest BCUT2D eigenvalue weighted by molar-refractivity contribution is 7.90. The second-order valence-corrected chi connectivity index (χ2v) is 7.35. The van der Waals surface area contributed by atoms with Gasteiger partial charge in [0.25, 0.3) is 0 Å². The van der Waals surface area contributed by atoms with Crippen molar-refractivity contribution in [3.63, 3.8) is 0 Å². The fraction of sp³-hybridized carbons (Fsp3) is 0.294. The summed E-state index contributed by atoms with van der Waals surface area (Å²) in [6, 6.07) is 16.5. The van der Waals surface area contributed by atoms with Crippen LogP contribution in [0.3, 0.4) is 0 Å². The van der Waals surface area contributed by atoms with E-state index in [4.69, 9.17) is 5.73 Å². The van der Waals surface area contributed by atoms with Gasteiger partial charge in [-0.3, -0.25) is 0 Å². The normalized spacial score (nSPS) is 13.0. The molecule has 0 aliphatic rings. The smallest absolute Gasteiger partial charge is 0.156 e. The van der Waals surface area contributed by atoms with Crippen molar-refractivity contribution in [1.29, 1.82) is 0 Å². The Morgan fingerprint density at radius 3 is 2.14 bits per heavy atom. The van der Waals surface area contributed by atoms with Crippen LogP contribution in [0.25, 0.3) is 0 Å². The molecule has 2 aromatic carbocycles. The Labute approximate surface area is 126 Å². The lowest BCUT2D eigenvalue weighted by Gasteiger charge is -2.13. The molecule has 21 heavy (non-hydrogen) atoms. The van der Waals surface area contributed by atoms with Crippen LogP contribution in [0.4, 0.5) is 0 Å². The third-order valence-electron chi connectivity index (χ3n) is 3.48. The fourth-order valence-electron chi connectivity index (χ4n) is 2.26. The molecule has 0 radical (unpaired) electrons. The average molecular weight is 303 g/mol. The van der Waals surface area contributed by atoms with Gasteiger partial charge in [-0.25, -0.2) is 8.42 Å². The van der Waals surface area contributed by atoms with Gasteiger partial charge in [0.2, 0.25) is 0 Å². The second kappa shape index (κ2) is 6.87. The van der Waals surface area contributed by atoms with Crippen LogP contribution < -0.4 is 5.73 Å². The lowest BCUT2D eigenvalue weighted by atomic mass is 10.1. The molecule has 0 bridgehead atoms. The minimum absolute atomic E-state index is 0.0344. The third-order valence-corrected chi connectivity index (χ3v) is 5.12. The molecule has 4 heteroatoms. The van der Waals surface area contributed by atoms with E-state index < -0.39 is 15.9 Å². The van der Waals surface area contributed by atoms with Crippen LogP contribution in [0.1, 0.15) is 29.7 Å². The molecule has 0 spiro atoms. The Morgan fingerprint density at radius 2 is 1.57 bits per heavy atom. The van der Waals surface area contributed by atoms with Gasteiger partial charge < -0.3 is 5.73 Å². The molecule has 2 aromatic rings. The number of sulfone groups is 1. The first kappa shape index (κ1) is 15.7. The number of nitrogens with two attached hydrogens (primary N) is 1. The zero-order chi connectivity index (χ0) is 15.3. The van der Waals surface area contributed by atoms with E-state index in [1.807, 2.05) is 54.6 Å². The monoisotopic (exact) mass is 303 g/mol. The van der Waals surface area contributed by atoms with Crippen LogP contribution in [-0.4, -0.2) is 14.2 Å². The summed E-state index contributed by atoms with van der Waals surface area (Å²) in [5.74, 6) is 0.00193. The van der Waals surface area contributed by atoms with Crippen molar-refractivity contribution in [2.75, 3.05) is 5.75 Å². The van der Waals surface area contributed by atoms with Gasteiger partial charge in [0.15, 0.2) is 9.84 Å². The Hall–Kier alpha value is -1.65. The quantitative estimate of drug-likeness (QED) is 0.892. The molecule has 112 valence electrons. The second-order valence-electron chi connectivity index (χ2n) is 5.24. The van der Waals surface area contributed by atoms with Crippen LogP contribution in [0.2, 0.25) is 0 Å². The lowest BCUT2D eigenvalue weighted by molar-refractivity contribution is 0.588. The van der Waals surface area contributed by atoms with E-state index >= 15 is 0 Å². The van der Waals surface area contributed by atoms with E-state index in [1.54, 1.807) is 0 Å². The standard InChI is InChI=1S/C17H21NO2S/c1-2-14-8-10-16(11-9-14)17(18)13-21(19,20)12-15-6-4-3-5-7-15/h3-11,17H,2,12-13,18H2,1H3. The maximum atomic E-state index is 12.2. The van der Waals surface area contributed by atoms with Gasteiger partial charge in [-0.1, -0.05) is 61.5 Å². The first-order chi connectivity index (χ1) is 10.00. The summed E-state index contributed by atoms with van der Waals surface area (Å²) in [5, 5.41) is 0. The lowest BCUT2D eigenvalue weighted by Crippen LogP contribution is -2.22. The van der Waals surface area contributed by atoms with E-state index in [0.29, 0.717) is 0 Å². The molecule has 0 aromatic heterocycles. The molecule has 0 saturated heterocycles. The summed E-state index contributed by atoms with van der Waals surface area (Å²) in [7, 11) is -3.22. The van der Waals surface area contributed by atoms with Crippen LogP contribution in [0, 0.1) is 0 Å². The van der Waals surface area contributed by atoms with E-state index in [9.17, 15) is 8.42 Å². The van der Waals surface area contributed by atoms with Gasteiger partial charge in [0.05, 0.1) is 11.5 Å². The number of rotatable bonds is 6. The largest absolute Gasteiger partial charge is 0.323 e. The highest BCUT2D eigenvalue weighted by atomic mass is 32.2. The molecule has 0 aliphatic carbocycles. The van der Waals surface area contributed by atoms with Crippen LogP contribution in [0.5, 0.6) is 0 Å². The van der Waals surface area contributed by atoms with Gasteiger partial charge in [-0.05, 0) is 23.1 Å². The molecular formula is C17H21NO2S. The van der Waals surface area contributed by atoms with Gasteiger partial charge in [0.1, 0.15) is 0 Å². The predicted molar refractivity (Wildman–Crippen MR) is 86.7 cm³/mol. The van der Waals surface area contributed by atoms with Crippen molar-refractivity contribution < 1.29 is 8.42 Å². The van der Waals surface area contributed by atoms with E-state index in [-0.39, 0.29) is 11.5 Å². The zero-order valence-electron chi connectivity index (χ0n) is 12.2. The van der Waals surface area contributed by atoms with Gasteiger partial charge >= 0.3 is 0 Å². The maximum Gasteiger partial charge on any atom is 0.156 e. The minimum atomic E-state index is -3.22. The van der Waals surface area contributed by atoms with Crippen molar-refractivity contribution in [1.82, 2.24) is 0 Å². The van der Waals surface area contributed by atoms with Crippen LogP contribution in [-0.2, 0) is 22.0 Å². The van der Waals surface area contributed by atoms with E-state index in [1.165, 1.54) is 5.56 Å². The van der Waals surface area contributed by atoms with Crippen LogP contribution in [0.15, 0.2) is 54.6 Å².